The minimum atomic E-state index is 0. The second-order valence-electron chi connectivity index (χ2n) is 4.30. The molecule has 1 fully saturated rings. The van der Waals surface area contributed by atoms with Crippen LogP contribution in [0.2, 0.25) is 0 Å². The van der Waals surface area contributed by atoms with Gasteiger partial charge in [0, 0.05) is 39.1 Å². The summed E-state index contributed by atoms with van der Waals surface area (Å²) in [6.07, 6.45) is 0.657. The van der Waals surface area contributed by atoms with E-state index in [1.807, 2.05) is 17.5 Å². The van der Waals surface area contributed by atoms with Gasteiger partial charge in [-0.25, -0.2) is 0 Å². The number of carbonyl (C=O) groups excluding carboxylic acids is 1. The van der Waals surface area contributed by atoms with Crippen molar-refractivity contribution in [3.8, 4) is 0 Å². The van der Waals surface area contributed by atoms with Gasteiger partial charge >= 0.3 is 0 Å². The van der Waals surface area contributed by atoms with Gasteiger partial charge in [-0.1, -0.05) is 6.07 Å². The third-order valence-electron chi connectivity index (χ3n) is 3.05. The van der Waals surface area contributed by atoms with Gasteiger partial charge in [0.15, 0.2) is 5.78 Å². The quantitative estimate of drug-likeness (QED) is 0.798. The Labute approximate surface area is 125 Å². The number of carbonyl (C=O) groups is 1. The lowest BCUT2D eigenvalue weighted by molar-refractivity contribution is 0.0945. The van der Waals surface area contributed by atoms with Crippen LogP contribution in [0.25, 0.3) is 0 Å². The largest absolute Gasteiger partial charge is 0.304 e. The Morgan fingerprint density at radius 3 is 2.50 bits per heavy atom. The van der Waals surface area contributed by atoms with E-state index in [1.54, 1.807) is 11.3 Å². The van der Waals surface area contributed by atoms with E-state index in [1.165, 1.54) is 0 Å². The molecule has 0 atom stereocenters. The van der Waals surface area contributed by atoms with E-state index in [0.717, 1.165) is 37.6 Å². The number of piperazine rings is 1. The van der Waals surface area contributed by atoms with Crippen LogP contribution in [-0.2, 0) is 0 Å². The number of thiophene rings is 1. The molecular weight excluding hydrogens is 291 g/mol. The van der Waals surface area contributed by atoms with Crippen LogP contribution in [0.1, 0.15) is 16.1 Å². The Morgan fingerprint density at radius 2 is 1.94 bits per heavy atom. The van der Waals surface area contributed by atoms with Crippen LogP contribution in [0.5, 0.6) is 0 Å². The molecule has 1 aromatic rings. The molecule has 1 aliphatic heterocycles. The summed E-state index contributed by atoms with van der Waals surface area (Å²) in [7, 11) is 2.15. The van der Waals surface area contributed by atoms with Crippen molar-refractivity contribution in [2.24, 2.45) is 0 Å². The molecule has 0 radical (unpaired) electrons. The van der Waals surface area contributed by atoms with Gasteiger partial charge in [0.2, 0.25) is 0 Å². The fraction of sp³-hybridized carbons (Fsp3) is 0.583. The molecule has 0 spiro atoms. The Morgan fingerprint density at radius 1 is 1.28 bits per heavy atom. The highest BCUT2D eigenvalue weighted by atomic mass is 35.5. The predicted octanol–water partition coefficient (Wildman–Crippen LogP) is 2.41. The van der Waals surface area contributed by atoms with Gasteiger partial charge in [-0.2, -0.15) is 0 Å². The Bertz CT molecular complexity index is 338. The fourth-order valence-corrected chi connectivity index (χ4v) is 2.59. The molecule has 1 aromatic heterocycles. The predicted molar refractivity (Wildman–Crippen MR) is 81.7 cm³/mol. The summed E-state index contributed by atoms with van der Waals surface area (Å²) >= 11 is 1.54. The molecule has 0 bridgehead atoms. The SMILES string of the molecule is CN1CCN(CCC(=O)c2cccs2)CC1.Cl.Cl. The van der Waals surface area contributed by atoms with E-state index in [-0.39, 0.29) is 30.6 Å². The van der Waals surface area contributed by atoms with Crippen molar-refractivity contribution in [2.45, 2.75) is 6.42 Å². The summed E-state index contributed by atoms with van der Waals surface area (Å²) in [6, 6.07) is 3.85. The first-order chi connectivity index (χ1) is 7.75. The molecule has 0 amide bonds. The lowest BCUT2D eigenvalue weighted by Gasteiger charge is -2.32. The lowest BCUT2D eigenvalue weighted by atomic mass is 10.2. The summed E-state index contributed by atoms with van der Waals surface area (Å²) in [4.78, 5) is 17.4. The molecule has 0 unspecified atom stereocenters. The van der Waals surface area contributed by atoms with Crippen LogP contribution in [0.3, 0.4) is 0 Å². The number of ketones is 1. The molecule has 0 aliphatic carbocycles. The van der Waals surface area contributed by atoms with Crippen molar-refractivity contribution in [3.05, 3.63) is 22.4 Å². The molecule has 6 heteroatoms. The minimum Gasteiger partial charge on any atom is -0.304 e. The van der Waals surface area contributed by atoms with Gasteiger partial charge in [0.25, 0.3) is 0 Å². The number of hydrogen-bond donors (Lipinski definition) is 0. The normalized spacial score (nSPS) is 16.7. The topological polar surface area (TPSA) is 23.6 Å². The number of rotatable bonds is 4. The van der Waals surface area contributed by atoms with E-state index in [2.05, 4.69) is 16.8 Å². The van der Waals surface area contributed by atoms with Gasteiger partial charge in [0.05, 0.1) is 4.88 Å². The summed E-state index contributed by atoms with van der Waals surface area (Å²) in [5.74, 6) is 0.286. The highest BCUT2D eigenvalue weighted by molar-refractivity contribution is 7.12. The zero-order valence-electron chi connectivity index (χ0n) is 10.5. The number of hydrogen-bond acceptors (Lipinski definition) is 4. The van der Waals surface area contributed by atoms with Crippen molar-refractivity contribution < 1.29 is 4.79 Å². The monoisotopic (exact) mass is 310 g/mol. The number of nitrogens with zero attached hydrogens (tertiary/aromatic N) is 2. The van der Waals surface area contributed by atoms with E-state index in [9.17, 15) is 4.79 Å². The smallest absolute Gasteiger partial charge is 0.174 e. The first-order valence-corrected chi connectivity index (χ1v) is 6.61. The molecule has 18 heavy (non-hydrogen) atoms. The molecule has 0 saturated carbocycles. The summed E-state index contributed by atoms with van der Waals surface area (Å²) in [5, 5.41) is 1.96. The molecule has 104 valence electrons. The Balaban J connectivity index is 0.00000144. The highest BCUT2D eigenvalue weighted by Crippen LogP contribution is 2.11. The average molecular weight is 311 g/mol. The maximum Gasteiger partial charge on any atom is 0.174 e. The Kier molecular flexibility index (Phi) is 8.82. The highest BCUT2D eigenvalue weighted by Gasteiger charge is 2.15. The first-order valence-electron chi connectivity index (χ1n) is 5.73. The summed E-state index contributed by atoms with van der Waals surface area (Å²) in [5.41, 5.74) is 0. The van der Waals surface area contributed by atoms with Crippen LogP contribution in [-0.4, -0.2) is 55.4 Å². The minimum absolute atomic E-state index is 0. The standard InChI is InChI=1S/C12H18N2OS.2ClH/c1-13-6-8-14(9-7-13)5-4-11(15)12-3-2-10-16-12;;/h2-3,10H,4-9H2,1H3;2*1H. The van der Waals surface area contributed by atoms with Gasteiger partial charge in [-0.3, -0.25) is 4.79 Å². The lowest BCUT2D eigenvalue weighted by Crippen LogP contribution is -2.44. The van der Waals surface area contributed by atoms with Crippen LogP contribution in [0.4, 0.5) is 0 Å². The molecule has 1 saturated heterocycles. The van der Waals surface area contributed by atoms with Crippen molar-refractivity contribution in [1.82, 2.24) is 9.80 Å². The van der Waals surface area contributed by atoms with Gasteiger partial charge < -0.3 is 9.80 Å². The van der Waals surface area contributed by atoms with Crippen molar-refractivity contribution in [1.29, 1.82) is 0 Å². The van der Waals surface area contributed by atoms with E-state index < -0.39 is 0 Å². The third-order valence-corrected chi connectivity index (χ3v) is 3.96. The van der Waals surface area contributed by atoms with E-state index in [4.69, 9.17) is 0 Å². The zero-order chi connectivity index (χ0) is 11.4. The summed E-state index contributed by atoms with van der Waals surface area (Å²) in [6.45, 7) is 5.33. The van der Waals surface area contributed by atoms with Gasteiger partial charge in [-0.15, -0.1) is 36.2 Å². The van der Waals surface area contributed by atoms with E-state index >= 15 is 0 Å². The Hall–Kier alpha value is -0.130. The number of halogens is 2. The van der Waals surface area contributed by atoms with Crippen molar-refractivity contribution in [3.63, 3.8) is 0 Å². The van der Waals surface area contributed by atoms with Crippen LogP contribution >= 0.6 is 36.2 Å². The number of likely N-dealkylation sites (N-methyl/N-ethyl adjacent to an activating group) is 1. The van der Waals surface area contributed by atoms with Gasteiger partial charge in [-0.05, 0) is 18.5 Å². The maximum absolute atomic E-state index is 11.8. The summed E-state index contributed by atoms with van der Waals surface area (Å²) < 4.78 is 0. The molecule has 0 aromatic carbocycles. The van der Waals surface area contributed by atoms with E-state index in [0.29, 0.717) is 6.42 Å². The van der Waals surface area contributed by atoms with Crippen LogP contribution in [0, 0.1) is 0 Å². The van der Waals surface area contributed by atoms with Crippen molar-refractivity contribution >= 4 is 41.9 Å². The third kappa shape index (κ3) is 5.24. The second kappa shape index (κ2) is 8.88. The maximum atomic E-state index is 11.8. The van der Waals surface area contributed by atoms with Crippen molar-refractivity contribution in [2.75, 3.05) is 39.8 Å². The van der Waals surface area contributed by atoms with Crippen LogP contribution in [0.15, 0.2) is 17.5 Å². The fourth-order valence-electron chi connectivity index (χ4n) is 1.89. The molecule has 2 rings (SSSR count). The zero-order valence-corrected chi connectivity index (χ0v) is 13.0. The second-order valence-corrected chi connectivity index (χ2v) is 5.24. The van der Waals surface area contributed by atoms with Gasteiger partial charge in [0.1, 0.15) is 0 Å². The molecule has 2 heterocycles. The average Bonchev–Trinajstić information content (AvgIpc) is 2.81. The first kappa shape index (κ1) is 17.9. The molecule has 0 N–H and O–H groups in total. The molecule has 3 nitrogen and oxygen atoms in total. The molecule has 1 aliphatic rings. The van der Waals surface area contributed by atoms with Crippen LogP contribution < -0.4 is 0 Å². The number of Topliss-reactive ketones (excluding diaryl/α,β-unsaturated/α-hetero) is 1. The molecular formula is C12H20Cl2N2OS.